The van der Waals surface area contributed by atoms with Crippen LogP contribution in [0.5, 0.6) is 0 Å². The molecule has 4 nitrogen and oxygen atoms in total. The normalized spacial score (nSPS) is 19.6. The van der Waals surface area contributed by atoms with Crippen molar-refractivity contribution in [3.8, 4) is 0 Å². The summed E-state index contributed by atoms with van der Waals surface area (Å²) in [6, 6.07) is 22.4. The van der Waals surface area contributed by atoms with Crippen molar-refractivity contribution in [3.05, 3.63) is 94.5 Å². The van der Waals surface area contributed by atoms with Crippen molar-refractivity contribution in [2.24, 2.45) is 0 Å². The van der Waals surface area contributed by atoms with Gasteiger partial charge in [-0.1, -0.05) is 53.5 Å². The molecule has 2 unspecified atom stereocenters. The Hall–Kier alpha value is -2.53. The van der Waals surface area contributed by atoms with Gasteiger partial charge in [-0.15, -0.1) is 0 Å². The molecule has 0 spiro atoms. The van der Waals surface area contributed by atoms with Crippen molar-refractivity contribution in [3.63, 3.8) is 0 Å². The zero-order valence-corrected chi connectivity index (χ0v) is 15.7. The summed E-state index contributed by atoms with van der Waals surface area (Å²) in [6.45, 7) is 0. The van der Waals surface area contributed by atoms with Gasteiger partial charge in [0.1, 0.15) is 6.04 Å². The minimum Gasteiger partial charge on any atom is -0.371 e. The van der Waals surface area contributed by atoms with Crippen LogP contribution in [0.15, 0.2) is 78.9 Å². The lowest BCUT2D eigenvalue weighted by Crippen LogP contribution is -2.34. The van der Waals surface area contributed by atoms with Crippen molar-refractivity contribution in [2.75, 3.05) is 9.80 Å². The first kappa shape index (κ1) is 17.9. The smallest absolute Gasteiger partial charge is 0.331 e. The Morgan fingerprint density at radius 2 is 1.19 bits per heavy atom. The van der Waals surface area contributed by atoms with Gasteiger partial charge in [-0.25, -0.2) is 4.79 Å². The molecule has 1 aliphatic rings. The molecule has 1 aliphatic heterocycles. The maximum Gasteiger partial charge on any atom is 0.331 e. The summed E-state index contributed by atoms with van der Waals surface area (Å²) in [5, 5.41) is 12.2. The number of amides is 2. The van der Waals surface area contributed by atoms with E-state index in [-0.39, 0.29) is 6.03 Å². The topological polar surface area (TPSA) is 43.8 Å². The Labute approximate surface area is 167 Å². The Morgan fingerprint density at radius 1 is 0.704 bits per heavy atom. The van der Waals surface area contributed by atoms with Crippen LogP contribution in [0.4, 0.5) is 16.2 Å². The minimum absolute atomic E-state index is 0.319. The molecule has 3 aromatic carbocycles. The number of carbonyl (C=O) groups is 1. The number of hydrogen-bond acceptors (Lipinski definition) is 2. The molecule has 136 valence electrons. The Bertz CT molecular complexity index is 946. The van der Waals surface area contributed by atoms with Gasteiger partial charge in [0.15, 0.2) is 6.23 Å². The highest BCUT2D eigenvalue weighted by atomic mass is 35.5. The monoisotopic (exact) mass is 398 g/mol. The van der Waals surface area contributed by atoms with E-state index in [1.54, 1.807) is 53.4 Å². The summed E-state index contributed by atoms with van der Waals surface area (Å²) < 4.78 is 0. The largest absolute Gasteiger partial charge is 0.371 e. The number of anilines is 2. The molecule has 0 saturated carbocycles. The summed E-state index contributed by atoms with van der Waals surface area (Å²) in [5.41, 5.74) is 2.08. The number of urea groups is 1. The van der Waals surface area contributed by atoms with Gasteiger partial charge in [0.2, 0.25) is 0 Å². The van der Waals surface area contributed by atoms with Crippen LogP contribution in [-0.2, 0) is 0 Å². The molecule has 3 aromatic rings. The number of benzene rings is 3. The summed E-state index contributed by atoms with van der Waals surface area (Å²) >= 11 is 12.0. The Balaban J connectivity index is 1.82. The van der Waals surface area contributed by atoms with Crippen LogP contribution in [0.25, 0.3) is 0 Å². The number of halogens is 2. The fourth-order valence-electron chi connectivity index (χ4n) is 3.33. The van der Waals surface area contributed by atoms with Gasteiger partial charge in [-0.2, -0.15) is 0 Å². The number of hydrogen-bond donors (Lipinski definition) is 1. The van der Waals surface area contributed by atoms with Gasteiger partial charge >= 0.3 is 6.03 Å². The number of nitrogens with zero attached hydrogens (tertiary/aromatic N) is 2. The highest BCUT2D eigenvalue weighted by molar-refractivity contribution is 6.31. The van der Waals surface area contributed by atoms with Gasteiger partial charge in [0, 0.05) is 21.4 Å². The van der Waals surface area contributed by atoms with Crippen LogP contribution in [0.2, 0.25) is 10.0 Å². The lowest BCUT2D eigenvalue weighted by atomic mass is 10.0. The van der Waals surface area contributed by atoms with E-state index in [0.29, 0.717) is 21.4 Å². The average molecular weight is 399 g/mol. The maximum atomic E-state index is 13.3. The van der Waals surface area contributed by atoms with E-state index in [2.05, 4.69) is 0 Å². The second kappa shape index (κ2) is 7.24. The lowest BCUT2D eigenvalue weighted by molar-refractivity contribution is 0.166. The molecule has 0 radical (unpaired) electrons. The van der Waals surface area contributed by atoms with Crippen molar-refractivity contribution >= 4 is 40.6 Å². The molecule has 1 saturated heterocycles. The first-order valence-corrected chi connectivity index (χ1v) is 9.18. The second-order valence-corrected chi connectivity index (χ2v) is 7.12. The van der Waals surface area contributed by atoms with Crippen molar-refractivity contribution < 1.29 is 9.90 Å². The summed E-state index contributed by atoms with van der Waals surface area (Å²) in [4.78, 5) is 16.3. The maximum absolute atomic E-state index is 13.3. The van der Waals surface area contributed by atoms with E-state index in [4.69, 9.17) is 23.2 Å². The van der Waals surface area contributed by atoms with Crippen LogP contribution in [0.3, 0.4) is 0 Å². The van der Waals surface area contributed by atoms with Gasteiger partial charge in [-0.3, -0.25) is 9.80 Å². The molecule has 0 aliphatic carbocycles. The molecule has 0 aromatic heterocycles. The van der Waals surface area contributed by atoms with Crippen molar-refractivity contribution in [2.45, 2.75) is 12.3 Å². The minimum atomic E-state index is -1.06. The van der Waals surface area contributed by atoms with Crippen molar-refractivity contribution in [1.29, 1.82) is 0 Å². The first-order chi connectivity index (χ1) is 13.1. The van der Waals surface area contributed by atoms with Crippen LogP contribution in [-0.4, -0.2) is 17.4 Å². The predicted molar refractivity (Wildman–Crippen MR) is 108 cm³/mol. The summed E-state index contributed by atoms with van der Waals surface area (Å²) in [7, 11) is 0. The Morgan fingerprint density at radius 3 is 1.70 bits per heavy atom. The third kappa shape index (κ3) is 3.28. The van der Waals surface area contributed by atoms with Gasteiger partial charge in [-0.05, 0) is 54.1 Å². The molecule has 2 amide bonds. The van der Waals surface area contributed by atoms with E-state index >= 15 is 0 Å². The molecular weight excluding hydrogens is 383 g/mol. The number of aliphatic hydroxyl groups excluding tert-OH is 1. The molecule has 1 heterocycles. The molecule has 27 heavy (non-hydrogen) atoms. The molecule has 1 fully saturated rings. The lowest BCUT2D eigenvalue weighted by Gasteiger charge is -2.25. The van der Waals surface area contributed by atoms with E-state index in [1.165, 1.54) is 4.90 Å². The van der Waals surface area contributed by atoms with Gasteiger partial charge < -0.3 is 5.11 Å². The second-order valence-electron chi connectivity index (χ2n) is 6.24. The van der Waals surface area contributed by atoms with Crippen LogP contribution in [0, 0.1) is 0 Å². The summed E-state index contributed by atoms with van der Waals surface area (Å²) in [5.74, 6) is 0. The third-order valence-electron chi connectivity index (χ3n) is 4.59. The fourth-order valence-corrected chi connectivity index (χ4v) is 3.58. The molecule has 4 rings (SSSR count). The van der Waals surface area contributed by atoms with E-state index < -0.39 is 12.3 Å². The highest BCUT2D eigenvalue weighted by Crippen LogP contribution is 2.40. The average Bonchev–Trinajstić information content (AvgIpc) is 2.94. The molecular formula is C21H16Cl2N2O2. The van der Waals surface area contributed by atoms with Crippen LogP contribution < -0.4 is 9.80 Å². The van der Waals surface area contributed by atoms with E-state index in [0.717, 1.165) is 5.56 Å². The molecule has 6 heteroatoms. The number of aliphatic hydroxyl groups is 1. The quantitative estimate of drug-likeness (QED) is 0.632. The first-order valence-electron chi connectivity index (χ1n) is 8.43. The molecule has 2 atom stereocenters. The van der Waals surface area contributed by atoms with Gasteiger partial charge in [0.25, 0.3) is 0 Å². The predicted octanol–water partition coefficient (Wildman–Crippen LogP) is 5.50. The highest BCUT2D eigenvalue weighted by Gasteiger charge is 2.47. The zero-order valence-electron chi connectivity index (χ0n) is 14.2. The Kier molecular flexibility index (Phi) is 4.79. The van der Waals surface area contributed by atoms with Crippen molar-refractivity contribution in [1.82, 2.24) is 0 Å². The third-order valence-corrected chi connectivity index (χ3v) is 5.09. The SMILES string of the molecule is O=C1N(c2ccc(Cl)cc2)C(O)C(c2ccccc2)N1c1ccc(Cl)cc1. The number of carbonyl (C=O) groups excluding carboxylic acids is 1. The van der Waals surface area contributed by atoms with Crippen LogP contribution in [0.1, 0.15) is 11.6 Å². The number of rotatable bonds is 3. The standard InChI is InChI=1S/C21H16Cl2N2O2/c22-15-6-10-17(11-7-15)24-19(14-4-2-1-3-5-14)20(26)25(21(24)27)18-12-8-16(23)9-13-18/h1-13,19-20,26H. The fraction of sp³-hybridized carbons (Fsp3) is 0.0952. The summed E-state index contributed by atoms with van der Waals surface area (Å²) in [6.07, 6.45) is -1.06. The van der Waals surface area contributed by atoms with E-state index in [9.17, 15) is 9.90 Å². The van der Waals surface area contributed by atoms with Crippen LogP contribution >= 0.6 is 23.2 Å². The molecule has 0 bridgehead atoms. The molecule has 1 N–H and O–H groups in total. The van der Waals surface area contributed by atoms with Gasteiger partial charge in [0.05, 0.1) is 0 Å². The van der Waals surface area contributed by atoms with E-state index in [1.807, 2.05) is 30.3 Å². The zero-order chi connectivity index (χ0) is 19.0.